The van der Waals surface area contributed by atoms with Gasteiger partial charge in [-0.05, 0) is 36.7 Å². The van der Waals surface area contributed by atoms with Crippen LogP contribution in [0.5, 0.6) is 0 Å². The maximum Gasteiger partial charge on any atom is 0.193 e. The van der Waals surface area contributed by atoms with E-state index in [0.29, 0.717) is 0 Å². The topological polar surface area (TPSA) is 46.5 Å². The summed E-state index contributed by atoms with van der Waals surface area (Å²) in [5, 5.41) is 10.0. The molecule has 2 atom stereocenters. The quantitative estimate of drug-likeness (QED) is 0.801. The molecule has 4 heteroatoms. The molecule has 0 bridgehead atoms. The van der Waals surface area contributed by atoms with E-state index < -0.39 is 20.5 Å². The standard InChI is InChI=1S/C14H24O3Si/c1-7-8-10-9-11(15)12(16)13(10)17-18(5,6)14(2,3)4/h7-9,12-13,16H,1-6H3/b8-7+. The second-order valence-electron chi connectivity index (χ2n) is 6.29. The van der Waals surface area contributed by atoms with Crippen molar-refractivity contribution in [1.29, 1.82) is 0 Å². The summed E-state index contributed by atoms with van der Waals surface area (Å²) in [6.07, 6.45) is 3.63. The van der Waals surface area contributed by atoms with Gasteiger partial charge in [0.25, 0.3) is 0 Å². The lowest BCUT2D eigenvalue weighted by Crippen LogP contribution is -2.47. The number of ketones is 1. The third kappa shape index (κ3) is 2.99. The molecule has 0 spiro atoms. The van der Waals surface area contributed by atoms with Crippen LogP contribution in [-0.4, -0.2) is 31.4 Å². The number of allylic oxidation sites excluding steroid dienone is 1. The molecule has 0 aliphatic heterocycles. The van der Waals surface area contributed by atoms with Crippen molar-refractivity contribution < 1.29 is 14.3 Å². The van der Waals surface area contributed by atoms with Gasteiger partial charge in [-0.3, -0.25) is 4.79 Å². The summed E-state index contributed by atoms with van der Waals surface area (Å²) in [4.78, 5) is 11.6. The first-order chi connectivity index (χ1) is 8.10. The van der Waals surface area contributed by atoms with Crippen molar-refractivity contribution in [2.45, 2.75) is 58.0 Å². The zero-order valence-electron chi connectivity index (χ0n) is 12.2. The van der Waals surface area contributed by atoms with Crippen LogP contribution in [0.1, 0.15) is 27.7 Å². The van der Waals surface area contributed by atoms with Crippen LogP contribution >= 0.6 is 0 Å². The Bertz CT molecular complexity index is 388. The van der Waals surface area contributed by atoms with Crippen molar-refractivity contribution in [3.63, 3.8) is 0 Å². The highest BCUT2D eigenvalue weighted by molar-refractivity contribution is 6.74. The fourth-order valence-corrected chi connectivity index (χ4v) is 2.88. The minimum atomic E-state index is -2.00. The first kappa shape index (κ1) is 15.3. The minimum Gasteiger partial charge on any atom is -0.407 e. The van der Waals surface area contributed by atoms with Crippen molar-refractivity contribution in [3.05, 3.63) is 23.8 Å². The fourth-order valence-electron chi connectivity index (χ4n) is 1.63. The summed E-state index contributed by atoms with van der Waals surface area (Å²) >= 11 is 0. The molecule has 0 fully saturated rings. The number of aliphatic hydroxyl groups is 1. The van der Waals surface area contributed by atoms with Crippen LogP contribution in [0.4, 0.5) is 0 Å². The molecule has 1 aliphatic carbocycles. The lowest BCUT2D eigenvalue weighted by Gasteiger charge is -2.39. The SMILES string of the molecule is C/C=C/C1=CC(=O)C(O)C1O[Si](C)(C)C(C)(C)C. The molecule has 0 saturated heterocycles. The zero-order valence-corrected chi connectivity index (χ0v) is 13.2. The summed E-state index contributed by atoms with van der Waals surface area (Å²) in [5.74, 6) is -0.258. The monoisotopic (exact) mass is 268 g/mol. The van der Waals surface area contributed by atoms with Crippen LogP contribution in [0.3, 0.4) is 0 Å². The largest absolute Gasteiger partial charge is 0.407 e. The Labute approximate surface area is 111 Å². The van der Waals surface area contributed by atoms with Crippen molar-refractivity contribution in [3.8, 4) is 0 Å². The number of hydrogen-bond donors (Lipinski definition) is 1. The average Bonchev–Trinajstić information content (AvgIpc) is 2.45. The maximum absolute atomic E-state index is 11.6. The molecule has 0 heterocycles. The Morgan fingerprint density at radius 3 is 2.39 bits per heavy atom. The van der Waals surface area contributed by atoms with E-state index in [1.807, 2.05) is 19.1 Å². The van der Waals surface area contributed by atoms with E-state index in [1.54, 1.807) is 0 Å². The summed E-state index contributed by atoms with van der Waals surface area (Å²) in [7, 11) is -2.00. The van der Waals surface area contributed by atoms with Crippen molar-refractivity contribution in [2.75, 3.05) is 0 Å². The van der Waals surface area contributed by atoms with Gasteiger partial charge >= 0.3 is 0 Å². The number of rotatable bonds is 3. The van der Waals surface area contributed by atoms with Crippen LogP contribution < -0.4 is 0 Å². The molecule has 2 unspecified atom stereocenters. The van der Waals surface area contributed by atoms with Gasteiger partial charge in [0.05, 0.1) is 0 Å². The summed E-state index contributed by atoms with van der Waals surface area (Å²) in [5.41, 5.74) is 0.778. The van der Waals surface area contributed by atoms with Crippen LogP contribution in [0.25, 0.3) is 0 Å². The highest BCUT2D eigenvalue weighted by Crippen LogP contribution is 2.39. The number of hydrogen-bond acceptors (Lipinski definition) is 3. The molecule has 0 aromatic heterocycles. The van der Waals surface area contributed by atoms with E-state index in [4.69, 9.17) is 4.43 Å². The van der Waals surface area contributed by atoms with Crippen LogP contribution in [-0.2, 0) is 9.22 Å². The molecule has 0 aromatic rings. The molecular weight excluding hydrogens is 244 g/mol. The Balaban J connectivity index is 2.96. The first-order valence-electron chi connectivity index (χ1n) is 6.34. The number of carbonyl (C=O) groups is 1. The number of aliphatic hydroxyl groups excluding tert-OH is 1. The van der Waals surface area contributed by atoms with Crippen LogP contribution in [0.15, 0.2) is 23.8 Å². The van der Waals surface area contributed by atoms with E-state index in [2.05, 4.69) is 33.9 Å². The Morgan fingerprint density at radius 1 is 1.39 bits per heavy atom. The fraction of sp³-hybridized carbons (Fsp3) is 0.643. The molecule has 0 radical (unpaired) electrons. The minimum absolute atomic E-state index is 0.0550. The van der Waals surface area contributed by atoms with E-state index in [-0.39, 0.29) is 10.8 Å². The second-order valence-corrected chi connectivity index (χ2v) is 11.0. The molecule has 1 aliphatic rings. The maximum atomic E-state index is 11.6. The molecular formula is C14H24O3Si. The van der Waals surface area contributed by atoms with Crippen LogP contribution in [0, 0.1) is 0 Å². The van der Waals surface area contributed by atoms with Gasteiger partial charge in [-0.25, -0.2) is 0 Å². The molecule has 0 saturated carbocycles. The van der Waals surface area contributed by atoms with Crippen LogP contribution in [0.2, 0.25) is 18.1 Å². The normalized spacial score (nSPS) is 25.9. The van der Waals surface area contributed by atoms with E-state index in [0.717, 1.165) is 5.57 Å². The Kier molecular flexibility index (Phi) is 4.36. The predicted molar refractivity (Wildman–Crippen MR) is 76.0 cm³/mol. The van der Waals surface area contributed by atoms with Crippen molar-refractivity contribution >= 4 is 14.1 Å². The highest BCUT2D eigenvalue weighted by Gasteiger charge is 2.44. The van der Waals surface area contributed by atoms with Gasteiger partial charge in [0, 0.05) is 0 Å². The van der Waals surface area contributed by atoms with Crippen molar-refractivity contribution in [2.24, 2.45) is 0 Å². The molecule has 0 amide bonds. The average molecular weight is 268 g/mol. The van der Waals surface area contributed by atoms with Gasteiger partial charge in [0.2, 0.25) is 0 Å². The van der Waals surface area contributed by atoms with E-state index in [9.17, 15) is 9.90 Å². The van der Waals surface area contributed by atoms with Gasteiger partial charge in [0.15, 0.2) is 14.1 Å². The van der Waals surface area contributed by atoms with Gasteiger partial charge in [-0.2, -0.15) is 0 Å². The van der Waals surface area contributed by atoms with E-state index in [1.165, 1.54) is 6.08 Å². The molecule has 102 valence electrons. The second kappa shape index (κ2) is 5.11. The smallest absolute Gasteiger partial charge is 0.193 e. The molecule has 3 nitrogen and oxygen atoms in total. The third-order valence-electron chi connectivity index (χ3n) is 3.80. The predicted octanol–water partition coefficient (Wildman–Crippen LogP) is 2.82. The molecule has 1 rings (SSSR count). The van der Waals surface area contributed by atoms with Crippen molar-refractivity contribution in [1.82, 2.24) is 0 Å². The summed E-state index contributed by atoms with van der Waals surface area (Å²) in [6.45, 7) is 12.6. The summed E-state index contributed by atoms with van der Waals surface area (Å²) in [6, 6.07) is 0. The molecule has 0 aromatic carbocycles. The third-order valence-corrected chi connectivity index (χ3v) is 8.26. The molecule has 18 heavy (non-hydrogen) atoms. The summed E-state index contributed by atoms with van der Waals surface area (Å²) < 4.78 is 6.16. The highest BCUT2D eigenvalue weighted by atomic mass is 28.4. The van der Waals surface area contributed by atoms with Gasteiger partial charge in [-0.1, -0.05) is 32.9 Å². The first-order valence-corrected chi connectivity index (χ1v) is 9.25. The van der Waals surface area contributed by atoms with Gasteiger partial charge in [-0.15, -0.1) is 0 Å². The van der Waals surface area contributed by atoms with Gasteiger partial charge < -0.3 is 9.53 Å². The van der Waals surface area contributed by atoms with Gasteiger partial charge in [0.1, 0.15) is 12.2 Å². The lowest BCUT2D eigenvalue weighted by atomic mass is 10.1. The molecule has 1 N–H and O–H groups in total. The number of carbonyl (C=O) groups excluding carboxylic acids is 1. The Hall–Kier alpha value is -0.713. The Morgan fingerprint density at radius 2 is 1.94 bits per heavy atom. The zero-order chi connectivity index (χ0) is 14.1. The van der Waals surface area contributed by atoms with E-state index >= 15 is 0 Å². The lowest BCUT2D eigenvalue weighted by molar-refractivity contribution is -0.124.